The Bertz CT molecular complexity index is 1050. The molecule has 2 N–H and O–H groups in total. The van der Waals surface area contributed by atoms with E-state index >= 15 is 0 Å². The first-order chi connectivity index (χ1) is 14.9. The zero-order valence-corrected chi connectivity index (χ0v) is 17.1. The number of carbonyl (C=O) groups is 4. The van der Waals surface area contributed by atoms with Gasteiger partial charge in [-0.05, 0) is 49.4 Å². The molecule has 2 aromatic rings. The Morgan fingerprint density at radius 1 is 1.13 bits per heavy atom. The van der Waals surface area contributed by atoms with E-state index in [9.17, 15) is 19.2 Å². The number of fused-ring (bicyclic) bond motifs is 2. The number of rotatable bonds is 5. The smallest absolute Gasteiger partial charge is 0.326 e. The fourth-order valence-corrected chi connectivity index (χ4v) is 4.11. The van der Waals surface area contributed by atoms with E-state index in [0.717, 1.165) is 34.4 Å². The van der Waals surface area contributed by atoms with Gasteiger partial charge < -0.3 is 15.4 Å². The highest BCUT2D eigenvalue weighted by Crippen LogP contribution is 2.39. The van der Waals surface area contributed by atoms with Gasteiger partial charge in [-0.2, -0.15) is 0 Å². The van der Waals surface area contributed by atoms with E-state index in [1.165, 1.54) is 0 Å². The van der Waals surface area contributed by atoms with Gasteiger partial charge in [0.15, 0.2) is 6.61 Å². The maximum atomic E-state index is 13.2. The van der Waals surface area contributed by atoms with Gasteiger partial charge >= 0.3 is 12.0 Å². The standard InChI is InChI=1S/C23H23N3O5/c1-15-8-10-17(11-9-15)24-19(27)14-31-20(28)13-26-21(29)23(25-22(26)30)12-4-6-16-5-2-3-7-18(16)23/h2-3,5,7-11H,4,6,12-14H2,1H3,(H,24,27)(H,25,30)/t23-/m1/s1. The Morgan fingerprint density at radius 2 is 1.87 bits per heavy atom. The minimum Gasteiger partial charge on any atom is -0.454 e. The van der Waals surface area contributed by atoms with Crippen molar-refractivity contribution in [2.75, 3.05) is 18.5 Å². The normalized spacial score (nSPS) is 19.7. The highest BCUT2D eigenvalue weighted by Gasteiger charge is 2.54. The Balaban J connectivity index is 1.37. The van der Waals surface area contributed by atoms with Gasteiger partial charge in [-0.1, -0.05) is 42.0 Å². The van der Waals surface area contributed by atoms with E-state index < -0.39 is 42.5 Å². The lowest BCUT2D eigenvalue weighted by Gasteiger charge is -2.33. The Hall–Kier alpha value is -3.68. The van der Waals surface area contributed by atoms with Crippen LogP contribution in [0.25, 0.3) is 0 Å². The van der Waals surface area contributed by atoms with Crippen LogP contribution in [0, 0.1) is 6.92 Å². The SMILES string of the molecule is Cc1ccc(NC(=O)COC(=O)CN2C(=O)N[C@@]3(CCCc4ccccc43)C2=O)cc1. The lowest BCUT2D eigenvalue weighted by atomic mass is 9.76. The number of esters is 1. The molecule has 2 aromatic carbocycles. The fourth-order valence-electron chi connectivity index (χ4n) is 4.11. The predicted molar refractivity (Wildman–Crippen MR) is 112 cm³/mol. The molecule has 8 heteroatoms. The molecule has 2 aliphatic rings. The van der Waals surface area contributed by atoms with Crippen LogP contribution in [-0.4, -0.2) is 41.9 Å². The van der Waals surface area contributed by atoms with Crippen LogP contribution in [0.4, 0.5) is 10.5 Å². The second-order valence-corrected chi connectivity index (χ2v) is 7.81. The van der Waals surface area contributed by atoms with Crippen LogP contribution < -0.4 is 10.6 Å². The number of amides is 4. The third-order valence-electron chi connectivity index (χ3n) is 5.64. The van der Waals surface area contributed by atoms with Gasteiger partial charge in [-0.25, -0.2) is 4.79 Å². The molecule has 0 radical (unpaired) electrons. The quantitative estimate of drug-likeness (QED) is 0.569. The van der Waals surface area contributed by atoms with E-state index in [4.69, 9.17) is 4.74 Å². The molecular weight excluding hydrogens is 398 g/mol. The number of nitrogens with one attached hydrogen (secondary N) is 2. The first-order valence-electron chi connectivity index (χ1n) is 10.1. The second-order valence-electron chi connectivity index (χ2n) is 7.81. The highest BCUT2D eigenvalue weighted by molar-refractivity contribution is 6.09. The zero-order chi connectivity index (χ0) is 22.0. The van der Waals surface area contributed by atoms with Crippen LogP contribution >= 0.6 is 0 Å². The number of imide groups is 1. The molecule has 1 heterocycles. The molecule has 1 atom stereocenters. The first kappa shape index (κ1) is 20.6. The van der Waals surface area contributed by atoms with E-state index in [-0.39, 0.29) is 0 Å². The molecule has 4 amide bonds. The number of hydrogen-bond donors (Lipinski definition) is 2. The van der Waals surface area contributed by atoms with Crippen molar-refractivity contribution in [2.24, 2.45) is 0 Å². The summed E-state index contributed by atoms with van der Waals surface area (Å²) in [5.41, 5.74) is 2.28. The Kier molecular flexibility index (Phi) is 5.46. The number of benzene rings is 2. The van der Waals surface area contributed by atoms with Crippen LogP contribution in [0.1, 0.15) is 29.5 Å². The third kappa shape index (κ3) is 4.01. The minimum absolute atomic E-state index is 0.467. The summed E-state index contributed by atoms with van der Waals surface area (Å²) in [6.07, 6.45) is 2.05. The lowest BCUT2D eigenvalue weighted by molar-refractivity contribution is -0.150. The number of anilines is 1. The van der Waals surface area contributed by atoms with Crippen LogP contribution in [-0.2, 0) is 31.1 Å². The molecule has 0 unspecified atom stereocenters. The summed E-state index contributed by atoms with van der Waals surface area (Å²) < 4.78 is 4.98. The average molecular weight is 421 g/mol. The van der Waals surface area contributed by atoms with Crippen LogP contribution in [0.15, 0.2) is 48.5 Å². The van der Waals surface area contributed by atoms with Gasteiger partial charge in [0.05, 0.1) is 0 Å². The molecule has 8 nitrogen and oxygen atoms in total. The molecule has 31 heavy (non-hydrogen) atoms. The molecule has 1 saturated heterocycles. The van der Waals surface area contributed by atoms with Crippen molar-refractivity contribution in [3.05, 3.63) is 65.2 Å². The molecule has 0 bridgehead atoms. The minimum atomic E-state index is -1.14. The summed E-state index contributed by atoms with van der Waals surface area (Å²) in [6.45, 7) is 0.871. The molecule has 0 aromatic heterocycles. The van der Waals surface area contributed by atoms with Crippen molar-refractivity contribution in [3.8, 4) is 0 Å². The molecule has 1 aliphatic heterocycles. The van der Waals surface area contributed by atoms with Gasteiger partial charge in [-0.3, -0.25) is 19.3 Å². The maximum Gasteiger partial charge on any atom is 0.326 e. The third-order valence-corrected chi connectivity index (χ3v) is 5.64. The van der Waals surface area contributed by atoms with E-state index in [1.807, 2.05) is 43.3 Å². The molecule has 1 aliphatic carbocycles. The van der Waals surface area contributed by atoms with Crippen molar-refractivity contribution >= 4 is 29.5 Å². The maximum absolute atomic E-state index is 13.2. The van der Waals surface area contributed by atoms with Crippen molar-refractivity contribution in [2.45, 2.75) is 31.7 Å². The molecular formula is C23H23N3O5. The summed E-state index contributed by atoms with van der Waals surface area (Å²) in [7, 11) is 0. The zero-order valence-electron chi connectivity index (χ0n) is 17.1. The van der Waals surface area contributed by atoms with E-state index in [1.54, 1.807) is 12.1 Å². The summed E-state index contributed by atoms with van der Waals surface area (Å²) in [6, 6.07) is 14.0. The highest BCUT2D eigenvalue weighted by atomic mass is 16.5. The van der Waals surface area contributed by atoms with Crippen molar-refractivity contribution in [1.29, 1.82) is 0 Å². The average Bonchev–Trinajstić information content (AvgIpc) is 2.99. The molecule has 1 spiro atoms. The number of aryl methyl sites for hydroxylation is 2. The molecule has 1 fully saturated rings. The van der Waals surface area contributed by atoms with E-state index in [0.29, 0.717) is 12.1 Å². The number of urea groups is 1. The van der Waals surface area contributed by atoms with Crippen molar-refractivity contribution in [1.82, 2.24) is 10.2 Å². The van der Waals surface area contributed by atoms with Gasteiger partial charge in [-0.15, -0.1) is 0 Å². The topological polar surface area (TPSA) is 105 Å². The van der Waals surface area contributed by atoms with Gasteiger partial charge in [0.2, 0.25) is 0 Å². The molecule has 4 rings (SSSR count). The van der Waals surface area contributed by atoms with Crippen molar-refractivity contribution in [3.63, 3.8) is 0 Å². The summed E-state index contributed by atoms with van der Waals surface area (Å²) in [5, 5.41) is 5.40. The predicted octanol–water partition coefficient (Wildman–Crippen LogP) is 2.26. The fraction of sp³-hybridized carbons (Fsp3) is 0.304. The monoisotopic (exact) mass is 421 g/mol. The van der Waals surface area contributed by atoms with Gasteiger partial charge in [0, 0.05) is 5.69 Å². The van der Waals surface area contributed by atoms with Crippen LogP contribution in [0.3, 0.4) is 0 Å². The largest absolute Gasteiger partial charge is 0.454 e. The molecule has 160 valence electrons. The first-order valence-corrected chi connectivity index (χ1v) is 10.1. The van der Waals surface area contributed by atoms with E-state index in [2.05, 4.69) is 10.6 Å². The summed E-state index contributed by atoms with van der Waals surface area (Å²) >= 11 is 0. The summed E-state index contributed by atoms with van der Waals surface area (Å²) in [4.78, 5) is 50.8. The number of ether oxygens (including phenoxy) is 1. The molecule has 0 saturated carbocycles. The number of hydrogen-bond acceptors (Lipinski definition) is 5. The lowest BCUT2D eigenvalue weighted by Crippen LogP contribution is -2.46. The second kappa shape index (κ2) is 8.22. The summed E-state index contributed by atoms with van der Waals surface area (Å²) in [5.74, 6) is -1.80. The Labute approximate surface area is 179 Å². The van der Waals surface area contributed by atoms with Crippen LogP contribution in [0.5, 0.6) is 0 Å². The number of nitrogens with zero attached hydrogens (tertiary/aromatic N) is 1. The van der Waals surface area contributed by atoms with Crippen LogP contribution in [0.2, 0.25) is 0 Å². The van der Waals surface area contributed by atoms with Crippen molar-refractivity contribution < 1.29 is 23.9 Å². The van der Waals surface area contributed by atoms with Gasteiger partial charge in [0.1, 0.15) is 12.1 Å². The number of carbonyl (C=O) groups excluding carboxylic acids is 4. The Morgan fingerprint density at radius 3 is 2.65 bits per heavy atom. The van der Waals surface area contributed by atoms with Gasteiger partial charge in [0.25, 0.3) is 11.8 Å².